The molecule has 1 unspecified atom stereocenters. The molecule has 0 spiro atoms. The van der Waals surface area contributed by atoms with Gasteiger partial charge in [-0.2, -0.15) is 0 Å². The highest BCUT2D eigenvalue weighted by Gasteiger charge is 2.16. The Morgan fingerprint density at radius 1 is 1.47 bits per heavy atom. The van der Waals surface area contributed by atoms with E-state index in [1.54, 1.807) is 24.3 Å². The summed E-state index contributed by atoms with van der Waals surface area (Å²) in [5.74, 6) is -0.130. The van der Waals surface area contributed by atoms with Gasteiger partial charge in [0.05, 0.1) is 12.4 Å². The van der Waals surface area contributed by atoms with Crippen LogP contribution in [0.2, 0.25) is 0 Å². The fourth-order valence-electron chi connectivity index (χ4n) is 1.45. The lowest BCUT2D eigenvalue weighted by Gasteiger charge is -2.14. The Bertz CT molecular complexity index is 456. The summed E-state index contributed by atoms with van der Waals surface area (Å²) >= 11 is 0. The van der Waals surface area contributed by atoms with Crippen LogP contribution in [0.15, 0.2) is 24.3 Å². The Morgan fingerprint density at radius 2 is 2.18 bits per heavy atom. The molecular formula is C11H18N2O3S. The molecule has 0 amide bonds. The van der Waals surface area contributed by atoms with E-state index >= 15 is 0 Å². The molecule has 0 aliphatic heterocycles. The Labute approximate surface area is 102 Å². The second kappa shape index (κ2) is 6.00. The van der Waals surface area contributed by atoms with Gasteiger partial charge < -0.3 is 10.8 Å². The fourth-order valence-corrected chi connectivity index (χ4v) is 2.90. The van der Waals surface area contributed by atoms with E-state index in [1.165, 1.54) is 0 Å². The average Bonchev–Trinajstić information content (AvgIpc) is 2.25. The number of aliphatic hydroxyl groups excluding tert-OH is 1. The van der Waals surface area contributed by atoms with Gasteiger partial charge in [-0.1, -0.05) is 19.1 Å². The van der Waals surface area contributed by atoms with Crippen LogP contribution in [0.25, 0.3) is 0 Å². The number of benzene rings is 1. The molecule has 0 aliphatic carbocycles. The topological polar surface area (TPSA) is 92.4 Å². The zero-order chi connectivity index (χ0) is 12.9. The van der Waals surface area contributed by atoms with Crippen LogP contribution >= 0.6 is 0 Å². The predicted molar refractivity (Wildman–Crippen MR) is 67.8 cm³/mol. The quantitative estimate of drug-likeness (QED) is 0.646. The molecular weight excluding hydrogens is 240 g/mol. The van der Waals surface area contributed by atoms with Crippen molar-refractivity contribution in [3.63, 3.8) is 0 Å². The van der Waals surface area contributed by atoms with Crippen LogP contribution in [0.4, 0.5) is 5.69 Å². The number of hydrogen-bond acceptors (Lipinski definition) is 4. The minimum atomic E-state index is -3.44. The molecule has 5 nitrogen and oxygen atoms in total. The molecule has 17 heavy (non-hydrogen) atoms. The number of hydrogen-bond donors (Lipinski definition) is 3. The predicted octanol–water partition coefficient (Wildman–Crippen LogP) is 0.459. The van der Waals surface area contributed by atoms with E-state index in [9.17, 15) is 8.42 Å². The lowest BCUT2D eigenvalue weighted by Crippen LogP contribution is -2.37. The first-order valence-corrected chi connectivity index (χ1v) is 7.07. The summed E-state index contributed by atoms with van der Waals surface area (Å²) in [6.45, 7) is 1.61. The molecule has 1 rings (SSSR count). The first-order chi connectivity index (χ1) is 7.96. The largest absolute Gasteiger partial charge is 0.399 e. The molecule has 0 fully saturated rings. The first kappa shape index (κ1) is 14.0. The number of nitrogens with one attached hydrogen (secondary N) is 1. The van der Waals surface area contributed by atoms with E-state index in [4.69, 9.17) is 10.8 Å². The van der Waals surface area contributed by atoms with Crippen LogP contribution in [-0.4, -0.2) is 26.2 Å². The van der Waals surface area contributed by atoms with Crippen LogP contribution in [0.3, 0.4) is 0 Å². The molecule has 0 aliphatic rings. The fraction of sp³-hybridized carbons (Fsp3) is 0.455. The van der Waals surface area contributed by atoms with Gasteiger partial charge in [0.25, 0.3) is 0 Å². The summed E-state index contributed by atoms with van der Waals surface area (Å²) in [6, 6.07) is 6.31. The third-order valence-corrected chi connectivity index (χ3v) is 3.77. The van der Waals surface area contributed by atoms with Crippen molar-refractivity contribution in [1.82, 2.24) is 4.72 Å². The zero-order valence-corrected chi connectivity index (χ0v) is 10.6. The second-order valence-electron chi connectivity index (χ2n) is 3.91. The smallest absolute Gasteiger partial charge is 0.216 e. The van der Waals surface area contributed by atoms with Gasteiger partial charge in [0, 0.05) is 11.7 Å². The molecule has 4 N–H and O–H groups in total. The molecule has 0 radical (unpaired) electrons. The third-order valence-electron chi connectivity index (χ3n) is 2.37. The standard InChI is InChI=1S/C11H18N2O3S/c1-2-11(7-14)13-17(15,16)8-9-4-3-5-10(12)6-9/h3-6,11,13-14H,2,7-8,12H2,1H3. The SMILES string of the molecule is CCC(CO)NS(=O)(=O)Cc1cccc(N)c1. The number of nitrogen functional groups attached to an aromatic ring is 1. The molecule has 0 heterocycles. The Hall–Kier alpha value is -1.11. The number of sulfonamides is 1. The molecule has 0 saturated carbocycles. The highest BCUT2D eigenvalue weighted by atomic mass is 32.2. The molecule has 6 heteroatoms. The van der Waals surface area contributed by atoms with Gasteiger partial charge in [-0.25, -0.2) is 13.1 Å². The Morgan fingerprint density at radius 3 is 2.71 bits per heavy atom. The van der Waals surface area contributed by atoms with Crippen molar-refractivity contribution in [1.29, 1.82) is 0 Å². The molecule has 96 valence electrons. The minimum absolute atomic E-state index is 0.130. The zero-order valence-electron chi connectivity index (χ0n) is 9.76. The van der Waals surface area contributed by atoms with Gasteiger partial charge in [0.15, 0.2) is 0 Å². The van der Waals surface area contributed by atoms with Crippen molar-refractivity contribution in [2.45, 2.75) is 25.1 Å². The maximum atomic E-state index is 11.8. The lowest BCUT2D eigenvalue weighted by molar-refractivity contribution is 0.254. The lowest BCUT2D eigenvalue weighted by atomic mass is 10.2. The van der Waals surface area contributed by atoms with Crippen molar-refractivity contribution in [3.8, 4) is 0 Å². The van der Waals surface area contributed by atoms with Gasteiger partial charge in [-0.15, -0.1) is 0 Å². The van der Waals surface area contributed by atoms with E-state index in [2.05, 4.69) is 4.72 Å². The third kappa shape index (κ3) is 4.72. The number of nitrogens with two attached hydrogens (primary N) is 1. The van der Waals surface area contributed by atoms with Crippen molar-refractivity contribution in [2.75, 3.05) is 12.3 Å². The normalized spacial score (nSPS) is 13.5. The van der Waals surface area contributed by atoms with E-state index in [0.717, 1.165) is 0 Å². The maximum absolute atomic E-state index is 11.8. The monoisotopic (exact) mass is 258 g/mol. The highest BCUT2D eigenvalue weighted by molar-refractivity contribution is 7.88. The number of aliphatic hydroxyl groups is 1. The van der Waals surface area contributed by atoms with Gasteiger partial charge in [0.2, 0.25) is 10.0 Å². The summed E-state index contributed by atoms with van der Waals surface area (Å²) in [5, 5.41) is 8.95. The summed E-state index contributed by atoms with van der Waals surface area (Å²) in [7, 11) is -3.44. The van der Waals surface area contributed by atoms with Gasteiger partial charge in [-0.3, -0.25) is 0 Å². The minimum Gasteiger partial charge on any atom is -0.399 e. The van der Waals surface area contributed by atoms with E-state index in [-0.39, 0.29) is 12.4 Å². The Balaban J connectivity index is 2.73. The summed E-state index contributed by atoms with van der Waals surface area (Å²) < 4.78 is 26.0. The van der Waals surface area contributed by atoms with Crippen LogP contribution in [-0.2, 0) is 15.8 Å². The summed E-state index contributed by atoms with van der Waals surface area (Å²) in [4.78, 5) is 0. The molecule has 0 aromatic heterocycles. The second-order valence-corrected chi connectivity index (χ2v) is 5.66. The van der Waals surface area contributed by atoms with Crippen molar-refractivity contribution in [2.24, 2.45) is 0 Å². The maximum Gasteiger partial charge on any atom is 0.216 e. The molecule has 1 atom stereocenters. The number of anilines is 1. The van der Waals surface area contributed by atoms with Crippen molar-refractivity contribution in [3.05, 3.63) is 29.8 Å². The van der Waals surface area contributed by atoms with E-state index in [1.807, 2.05) is 6.92 Å². The highest BCUT2D eigenvalue weighted by Crippen LogP contribution is 2.10. The Kier molecular flexibility index (Phi) is 4.92. The van der Waals surface area contributed by atoms with E-state index in [0.29, 0.717) is 17.7 Å². The van der Waals surface area contributed by atoms with Crippen molar-refractivity contribution < 1.29 is 13.5 Å². The van der Waals surface area contributed by atoms with Crippen LogP contribution in [0, 0.1) is 0 Å². The van der Waals surface area contributed by atoms with E-state index < -0.39 is 16.1 Å². The van der Waals surface area contributed by atoms with Gasteiger partial charge in [-0.05, 0) is 24.1 Å². The van der Waals surface area contributed by atoms with Crippen LogP contribution < -0.4 is 10.5 Å². The van der Waals surface area contributed by atoms with Gasteiger partial charge in [0.1, 0.15) is 0 Å². The van der Waals surface area contributed by atoms with Crippen molar-refractivity contribution >= 4 is 15.7 Å². The summed E-state index contributed by atoms with van der Waals surface area (Å²) in [6.07, 6.45) is 0.548. The van der Waals surface area contributed by atoms with Gasteiger partial charge >= 0.3 is 0 Å². The van der Waals surface area contributed by atoms with Crippen LogP contribution in [0.5, 0.6) is 0 Å². The molecule has 0 bridgehead atoms. The molecule has 1 aromatic carbocycles. The molecule has 1 aromatic rings. The molecule has 0 saturated heterocycles. The number of rotatable bonds is 6. The summed E-state index contributed by atoms with van der Waals surface area (Å²) in [5.41, 5.74) is 6.74. The first-order valence-electron chi connectivity index (χ1n) is 5.42. The average molecular weight is 258 g/mol. The van der Waals surface area contributed by atoms with Crippen LogP contribution in [0.1, 0.15) is 18.9 Å².